The summed E-state index contributed by atoms with van der Waals surface area (Å²) in [6.07, 6.45) is 1.01. The summed E-state index contributed by atoms with van der Waals surface area (Å²) in [5.41, 5.74) is 0. The second kappa shape index (κ2) is 6.21. The number of esters is 1. The van der Waals surface area contributed by atoms with Crippen LogP contribution in [0.25, 0.3) is 0 Å². The van der Waals surface area contributed by atoms with E-state index in [1.807, 2.05) is 0 Å². The van der Waals surface area contributed by atoms with Gasteiger partial charge in [-0.25, -0.2) is 0 Å². The van der Waals surface area contributed by atoms with Gasteiger partial charge in [0.05, 0.1) is 13.0 Å². The number of ether oxygens (including phenoxy) is 2. The van der Waals surface area contributed by atoms with E-state index in [1.165, 1.54) is 7.11 Å². The summed E-state index contributed by atoms with van der Waals surface area (Å²) in [6.45, 7) is 6.87. The summed E-state index contributed by atoms with van der Waals surface area (Å²) in [5.74, 6) is 0.349. The molecule has 0 N–H and O–H groups in total. The molecule has 3 atom stereocenters. The number of rotatable bonds is 5. The minimum absolute atomic E-state index is 0.0370. The van der Waals surface area contributed by atoms with E-state index < -0.39 is 0 Å². The van der Waals surface area contributed by atoms with Gasteiger partial charge in [-0.1, -0.05) is 6.92 Å². The van der Waals surface area contributed by atoms with Crippen molar-refractivity contribution >= 4 is 5.97 Å². The van der Waals surface area contributed by atoms with Crippen molar-refractivity contribution in [1.82, 2.24) is 4.90 Å². The molecule has 4 heteroatoms. The molecule has 1 fully saturated rings. The minimum atomic E-state index is -0.0751. The predicted octanol–water partition coefficient (Wildman–Crippen LogP) is 1.15. The van der Waals surface area contributed by atoms with Gasteiger partial charge in [0, 0.05) is 32.8 Å². The Hall–Kier alpha value is -0.610. The summed E-state index contributed by atoms with van der Waals surface area (Å²) in [6, 6.07) is 0.469. The van der Waals surface area contributed by atoms with Crippen LogP contribution >= 0.6 is 0 Å². The zero-order chi connectivity index (χ0) is 12.1. The highest BCUT2D eigenvalue weighted by Gasteiger charge is 2.36. The van der Waals surface area contributed by atoms with E-state index in [4.69, 9.17) is 9.47 Å². The number of hydrogen-bond donors (Lipinski definition) is 0. The molecule has 0 saturated carbocycles. The summed E-state index contributed by atoms with van der Waals surface area (Å²) >= 11 is 0. The van der Waals surface area contributed by atoms with Crippen molar-refractivity contribution in [2.75, 3.05) is 33.9 Å². The van der Waals surface area contributed by atoms with Gasteiger partial charge < -0.3 is 9.47 Å². The maximum Gasteiger partial charge on any atom is 0.310 e. The fraction of sp³-hybridized carbons (Fsp3) is 0.917. The van der Waals surface area contributed by atoms with Crippen molar-refractivity contribution in [2.24, 2.45) is 11.8 Å². The van der Waals surface area contributed by atoms with Gasteiger partial charge in [-0.05, 0) is 19.3 Å². The normalized spacial score (nSPS) is 28.0. The lowest BCUT2D eigenvalue weighted by Crippen LogP contribution is -2.33. The molecule has 0 aromatic carbocycles. The molecule has 4 nitrogen and oxygen atoms in total. The lowest BCUT2D eigenvalue weighted by molar-refractivity contribution is -0.146. The second-order valence-corrected chi connectivity index (χ2v) is 4.69. The van der Waals surface area contributed by atoms with E-state index in [2.05, 4.69) is 18.7 Å². The van der Waals surface area contributed by atoms with Crippen LogP contribution in [0.15, 0.2) is 0 Å². The van der Waals surface area contributed by atoms with Crippen LogP contribution in [-0.2, 0) is 14.3 Å². The molecule has 1 rings (SSSR count). The van der Waals surface area contributed by atoms with Crippen LogP contribution in [0.1, 0.15) is 20.3 Å². The van der Waals surface area contributed by atoms with Gasteiger partial charge in [-0.15, -0.1) is 0 Å². The lowest BCUT2D eigenvalue weighted by atomic mass is 9.99. The quantitative estimate of drug-likeness (QED) is 0.663. The third-order valence-corrected chi connectivity index (χ3v) is 3.51. The van der Waals surface area contributed by atoms with Gasteiger partial charge in [-0.2, -0.15) is 0 Å². The molecule has 94 valence electrons. The summed E-state index contributed by atoms with van der Waals surface area (Å²) in [5, 5.41) is 0. The average Bonchev–Trinajstić information content (AvgIpc) is 2.67. The molecular weight excluding hydrogens is 206 g/mol. The molecular formula is C12H23NO3. The van der Waals surface area contributed by atoms with E-state index in [1.54, 1.807) is 7.11 Å². The summed E-state index contributed by atoms with van der Waals surface area (Å²) in [7, 11) is 3.18. The average molecular weight is 229 g/mol. The summed E-state index contributed by atoms with van der Waals surface area (Å²) in [4.78, 5) is 13.9. The van der Waals surface area contributed by atoms with Crippen LogP contribution < -0.4 is 0 Å². The standard InChI is InChI=1S/C12H23NO3/c1-9-7-13(10(2)5-6-15-3)8-11(9)12(14)16-4/h9-11H,5-8H2,1-4H3. The smallest absolute Gasteiger partial charge is 0.310 e. The Balaban J connectivity index is 2.45. The van der Waals surface area contributed by atoms with E-state index in [9.17, 15) is 4.79 Å². The van der Waals surface area contributed by atoms with Gasteiger partial charge in [0.25, 0.3) is 0 Å². The van der Waals surface area contributed by atoms with Crippen molar-refractivity contribution in [2.45, 2.75) is 26.3 Å². The fourth-order valence-corrected chi connectivity index (χ4v) is 2.29. The highest BCUT2D eigenvalue weighted by atomic mass is 16.5. The molecule has 1 aliphatic heterocycles. The first-order chi connectivity index (χ1) is 7.60. The van der Waals surface area contributed by atoms with Gasteiger partial charge in [0.2, 0.25) is 0 Å². The third kappa shape index (κ3) is 3.19. The predicted molar refractivity (Wildman–Crippen MR) is 62.2 cm³/mol. The minimum Gasteiger partial charge on any atom is -0.469 e. The molecule has 0 aromatic rings. The SMILES string of the molecule is COCCC(C)N1CC(C)C(C(=O)OC)C1. The third-order valence-electron chi connectivity index (χ3n) is 3.51. The van der Waals surface area contributed by atoms with Crippen molar-refractivity contribution < 1.29 is 14.3 Å². The number of carbonyl (C=O) groups excluding carboxylic acids is 1. The van der Waals surface area contributed by atoms with Gasteiger partial charge in [0.15, 0.2) is 0 Å². The van der Waals surface area contributed by atoms with Gasteiger partial charge >= 0.3 is 5.97 Å². The van der Waals surface area contributed by atoms with Crippen molar-refractivity contribution in [1.29, 1.82) is 0 Å². The van der Waals surface area contributed by atoms with E-state index >= 15 is 0 Å². The first kappa shape index (κ1) is 13.5. The van der Waals surface area contributed by atoms with Crippen LogP contribution in [0, 0.1) is 11.8 Å². The zero-order valence-corrected chi connectivity index (χ0v) is 10.7. The molecule has 3 unspecified atom stereocenters. The van der Waals surface area contributed by atoms with Crippen molar-refractivity contribution in [3.8, 4) is 0 Å². The number of methoxy groups -OCH3 is 2. The lowest BCUT2D eigenvalue weighted by Gasteiger charge is -2.23. The van der Waals surface area contributed by atoms with Crippen LogP contribution in [0.4, 0.5) is 0 Å². The Morgan fingerprint density at radius 1 is 1.44 bits per heavy atom. The highest BCUT2D eigenvalue weighted by molar-refractivity contribution is 5.73. The first-order valence-electron chi connectivity index (χ1n) is 5.91. The highest BCUT2D eigenvalue weighted by Crippen LogP contribution is 2.26. The molecule has 16 heavy (non-hydrogen) atoms. The maximum absolute atomic E-state index is 11.5. The van der Waals surface area contributed by atoms with Crippen LogP contribution in [0.2, 0.25) is 0 Å². The number of hydrogen-bond acceptors (Lipinski definition) is 4. The van der Waals surface area contributed by atoms with Crippen LogP contribution in [0.3, 0.4) is 0 Å². The van der Waals surface area contributed by atoms with E-state index in [-0.39, 0.29) is 11.9 Å². The number of carbonyl (C=O) groups is 1. The molecule has 0 bridgehead atoms. The van der Waals surface area contributed by atoms with E-state index in [0.29, 0.717) is 12.0 Å². The van der Waals surface area contributed by atoms with Gasteiger partial charge in [-0.3, -0.25) is 9.69 Å². The molecule has 0 aromatic heterocycles. The molecule has 0 spiro atoms. The molecule has 0 radical (unpaired) electrons. The Kier molecular flexibility index (Phi) is 5.22. The monoisotopic (exact) mass is 229 g/mol. The first-order valence-corrected chi connectivity index (χ1v) is 5.91. The Bertz CT molecular complexity index is 232. The Labute approximate surface area is 97.9 Å². The van der Waals surface area contributed by atoms with Crippen molar-refractivity contribution in [3.05, 3.63) is 0 Å². The fourth-order valence-electron chi connectivity index (χ4n) is 2.29. The molecule has 0 amide bonds. The Morgan fingerprint density at radius 3 is 2.69 bits per heavy atom. The topological polar surface area (TPSA) is 38.8 Å². The molecule has 0 aliphatic carbocycles. The van der Waals surface area contributed by atoms with Crippen molar-refractivity contribution in [3.63, 3.8) is 0 Å². The Morgan fingerprint density at radius 2 is 2.12 bits per heavy atom. The van der Waals surface area contributed by atoms with E-state index in [0.717, 1.165) is 26.1 Å². The molecule has 1 saturated heterocycles. The van der Waals surface area contributed by atoms with Crippen LogP contribution in [0.5, 0.6) is 0 Å². The summed E-state index contributed by atoms with van der Waals surface area (Å²) < 4.78 is 9.90. The maximum atomic E-state index is 11.5. The second-order valence-electron chi connectivity index (χ2n) is 4.69. The van der Waals surface area contributed by atoms with Crippen LogP contribution in [-0.4, -0.2) is 50.8 Å². The molecule has 1 aliphatic rings. The number of likely N-dealkylation sites (tertiary alicyclic amines) is 1. The largest absolute Gasteiger partial charge is 0.469 e. The van der Waals surface area contributed by atoms with Gasteiger partial charge in [0.1, 0.15) is 0 Å². The molecule has 1 heterocycles. The zero-order valence-electron chi connectivity index (χ0n) is 10.7. The number of nitrogens with zero attached hydrogens (tertiary/aromatic N) is 1.